The molecule has 2 heterocycles. The maximum absolute atomic E-state index is 11.7. The second-order valence-corrected chi connectivity index (χ2v) is 7.08. The molecule has 0 radical (unpaired) electrons. The van der Waals surface area contributed by atoms with Gasteiger partial charge < -0.3 is 10.0 Å². The highest BCUT2D eigenvalue weighted by Crippen LogP contribution is 2.21. The van der Waals surface area contributed by atoms with Gasteiger partial charge in [0.15, 0.2) is 0 Å². The van der Waals surface area contributed by atoms with Crippen molar-refractivity contribution in [1.82, 2.24) is 9.97 Å². The fourth-order valence-corrected chi connectivity index (χ4v) is 2.96. The van der Waals surface area contributed by atoms with E-state index in [9.17, 15) is 9.59 Å². The summed E-state index contributed by atoms with van der Waals surface area (Å²) in [6, 6.07) is 1.53. The number of hydrogen-bond acceptors (Lipinski definition) is 5. The van der Waals surface area contributed by atoms with Gasteiger partial charge in [0.05, 0.1) is 11.6 Å². The molecule has 1 aromatic rings. The first-order chi connectivity index (χ1) is 9.95. The van der Waals surface area contributed by atoms with Crippen molar-refractivity contribution in [3.63, 3.8) is 0 Å². The Balaban J connectivity index is 2.06. The smallest absolute Gasteiger partial charge is 0.306 e. The van der Waals surface area contributed by atoms with Crippen LogP contribution in [0.3, 0.4) is 0 Å². The van der Waals surface area contributed by atoms with Crippen molar-refractivity contribution in [2.45, 2.75) is 37.7 Å². The molecule has 116 valence electrons. The monoisotopic (exact) mass is 311 g/mol. The Kier molecular flexibility index (Phi) is 5.27. The number of anilines is 1. The first-order valence-corrected chi connectivity index (χ1v) is 8.20. The molecule has 0 unspecified atom stereocenters. The predicted molar refractivity (Wildman–Crippen MR) is 83.9 cm³/mol. The molecule has 0 bridgehead atoms. The Labute approximate surface area is 128 Å². The molecule has 1 aliphatic heterocycles. The van der Waals surface area contributed by atoms with Crippen molar-refractivity contribution in [1.29, 1.82) is 0 Å². The van der Waals surface area contributed by atoms with Crippen LogP contribution in [0.5, 0.6) is 0 Å². The van der Waals surface area contributed by atoms with E-state index in [1.165, 1.54) is 6.07 Å². The number of aromatic amines is 1. The van der Waals surface area contributed by atoms with Crippen molar-refractivity contribution < 1.29 is 9.90 Å². The number of piperidine rings is 1. The lowest BCUT2D eigenvalue weighted by molar-refractivity contribution is -0.142. The van der Waals surface area contributed by atoms with E-state index >= 15 is 0 Å². The molecule has 7 heteroatoms. The molecule has 2 rings (SSSR count). The standard InChI is InChI=1S/C14H21N3O3S/c1-9(2)21-8-11-7-12(18)16-14(15-11)17-5-3-10(4-6-17)13(19)20/h7,9-10H,3-6,8H2,1-2H3,(H,19,20)(H,15,16,18). The van der Waals surface area contributed by atoms with E-state index in [2.05, 4.69) is 23.8 Å². The van der Waals surface area contributed by atoms with Crippen LogP contribution in [0.25, 0.3) is 0 Å². The zero-order chi connectivity index (χ0) is 15.4. The summed E-state index contributed by atoms with van der Waals surface area (Å²) in [6.45, 7) is 5.44. The quantitative estimate of drug-likeness (QED) is 0.861. The Morgan fingerprint density at radius 1 is 1.52 bits per heavy atom. The van der Waals surface area contributed by atoms with Crippen LogP contribution in [0.2, 0.25) is 0 Å². The Morgan fingerprint density at radius 2 is 2.19 bits per heavy atom. The average molecular weight is 311 g/mol. The Bertz CT molecular complexity index is 551. The minimum atomic E-state index is -0.738. The minimum Gasteiger partial charge on any atom is -0.481 e. The molecule has 1 saturated heterocycles. The topological polar surface area (TPSA) is 86.3 Å². The molecule has 1 fully saturated rings. The molecular formula is C14H21N3O3S. The van der Waals surface area contributed by atoms with Crippen molar-refractivity contribution in [3.05, 3.63) is 22.1 Å². The summed E-state index contributed by atoms with van der Waals surface area (Å²) < 4.78 is 0. The SMILES string of the molecule is CC(C)SCc1cc(=O)[nH]c(N2CCC(C(=O)O)CC2)n1. The number of carboxylic acid groups (broad SMARTS) is 1. The van der Waals surface area contributed by atoms with E-state index in [1.807, 2.05) is 4.90 Å². The van der Waals surface area contributed by atoms with Gasteiger partial charge in [0.1, 0.15) is 0 Å². The van der Waals surface area contributed by atoms with E-state index in [0.29, 0.717) is 42.9 Å². The van der Waals surface area contributed by atoms with Gasteiger partial charge in [-0.05, 0) is 18.1 Å². The zero-order valence-corrected chi connectivity index (χ0v) is 13.2. The molecule has 2 N–H and O–H groups in total. The summed E-state index contributed by atoms with van der Waals surface area (Å²) in [5.41, 5.74) is 0.618. The normalized spacial score (nSPS) is 16.4. The fraction of sp³-hybridized carbons (Fsp3) is 0.643. The van der Waals surface area contributed by atoms with E-state index in [0.717, 1.165) is 5.69 Å². The molecule has 1 aromatic heterocycles. The number of aromatic nitrogens is 2. The maximum atomic E-state index is 11.7. The summed E-state index contributed by atoms with van der Waals surface area (Å²) in [5.74, 6) is 0.247. The highest BCUT2D eigenvalue weighted by molar-refractivity contribution is 7.99. The molecule has 6 nitrogen and oxygen atoms in total. The number of rotatable bonds is 5. The van der Waals surface area contributed by atoms with Crippen molar-refractivity contribution in [3.8, 4) is 0 Å². The molecule has 0 aromatic carbocycles. The average Bonchev–Trinajstić information content (AvgIpc) is 2.44. The minimum absolute atomic E-state index is 0.153. The molecule has 0 aliphatic carbocycles. The summed E-state index contributed by atoms with van der Waals surface area (Å²) in [7, 11) is 0. The summed E-state index contributed by atoms with van der Waals surface area (Å²) >= 11 is 1.74. The lowest BCUT2D eigenvalue weighted by atomic mass is 9.97. The first kappa shape index (κ1) is 15.9. The lowest BCUT2D eigenvalue weighted by Crippen LogP contribution is -2.38. The van der Waals surface area contributed by atoms with Gasteiger partial charge in [0.25, 0.3) is 5.56 Å². The predicted octanol–water partition coefficient (Wildman–Crippen LogP) is 1.71. The molecule has 1 aliphatic rings. The third-order valence-electron chi connectivity index (χ3n) is 3.49. The number of H-pyrrole nitrogens is 1. The molecule has 0 atom stereocenters. The number of thioether (sulfide) groups is 1. The van der Waals surface area contributed by atoms with Crippen LogP contribution in [0.1, 0.15) is 32.4 Å². The summed E-state index contributed by atoms with van der Waals surface area (Å²) in [4.78, 5) is 31.9. The van der Waals surface area contributed by atoms with Crippen LogP contribution in [0.15, 0.2) is 10.9 Å². The van der Waals surface area contributed by atoms with Gasteiger partial charge in [-0.25, -0.2) is 4.98 Å². The number of carbonyl (C=O) groups is 1. The second kappa shape index (κ2) is 6.98. The van der Waals surface area contributed by atoms with Crippen LogP contribution in [0.4, 0.5) is 5.95 Å². The molecule has 0 spiro atoms. The highest BCUT2D eigenvalue weighted by atomic mass is 32.2. The van der Waals surface area contributed by atoms with E-state index < -0.39 is 5.97 Å². The second-order valence-electron chi connectivity index (χ2n) is 5.52. The molecule has 0 saturated carbocycles. The number of nitrogens with one attached hydrogen (secondary N) is 1. The van der Waals surface area contributed by atoms with Crippen LogP contribution in [0, 0.1) is 5.92 Å². The number of aliphatic carboxylic acids is 1. The third kappa shape index (κ3) is 4.49. The Hall–Kier alpha value is -1.50. The van der Waals surface area contributed by atoms with Crippen LogP contribution in [-0.4, -0.2) is 39.4 Å². The molecule has 21 heavy (non-hydrogen) atoms. The number of hydrogen-bond donors (Lipinski definition) is 2. The number of carboxylic acids is 1. The van der Waals surface area contributed by atoms with Crippen LogP contribution in [-0.2, 0) is 10.5 Å². The van der Waals surface area contributed by atoms with Crippen LogP contribution >= 0.6 is 11.8 Å². The van der Waals surface area contributed by atoms with Gasteiger partial charge in [-0.2, -0.15) is 11.8 Å². The summed E-state index contributed by atoms with van der Waals surface area (Å²) in [5, 5.41) is 9.50. The van der Waals surface area contributed by atoms with Crippen molar-refractivity contribution in [2.24, 2.45) is 5.92 Å². The van der Waals surface area contributed by atoms with Gasteiger partial charge in [-0.3, -0.25) is 14.6 Å². The van der Waals surface area contributed by atoms with Gasteiger partial charge >= 0.3 is 5.97 Å². The van der Waals surface area contributed by atoms with Gasteiger partial charge in [0.2, 0.25) is 5.95 Å². The van der Waals surface area contributed by atoms with Gasteiger partial charge in [-0.15, -0.1) is 0 Å². The highest BCUT2D eigenvalue weighted by Gasteiger charge is 2.25. The van der Waals surface area contributed by atoms with Crippen LogP contribution < -0.4 is 10.5 Å². The Morgan fingerprint density at radius 3 is 2.76 bits per heavy atom. The first-order valence-electron chi connectivity index (χ1n) is 7.15. The van der Waals surface area contributed by atoms with Crippen molar-refractivity contribution >= 4 is 23.7 Å². The summed E-state index contributed by atoms with van der Waals surface area (Å²) in [6.07, 6.45) is 1.17. The molecule has 0 amide bonds. The van der Waals surface area contributed by atoms with E-state index in [4.69, 9.17) is 5.11 Å². The zero-order valence-electron chi connectivity index (χ0n) is 12.3. The van der Waals surface area contributed by atoms with Gasteiger partial charge in [-0.1, -0.05) is 13.8 Å². The maximum Gasteiger partial charge on any atom is 0.306 e. The third-order valence-corrected chi connectivity index (χ3v) is 4.62. The number of nitrogens with zero attached hydrogens (tertiary/aromatic N) is 2. The molecular weight excluding hydrogens is 290 g/mol. The van der Waals surface area contributed by atoms with E-state index in [-0.39, 0.29) is 11.5 Å². The fourth-order valence-electron chi connectivity index (χ4n) is 2.31. The van der Waals surface area contributed by atoms with Gasteiger partial charge in [0, 0.05) is 24.9 Å². The largest absolute Gasteiger partial charge is 0.481 e. The lowest BCUT2D eigenvalue weighted by Gasteiger charge is -2.30. The van der Waals surface area contributed by atoms with E-state index in [1.54, 1.807) is 11.8 Å². The van der Waals surface area contributed by atoms with Crippen molar-refractivity contribution in [2.75, 3.05) is 18.0 Å².